The number of carboxylic acids is 1. The Kier molecular flexibility index (Phi) is 3.90. The molecule has 2 aliphatic heterocycles. The number of benzene rings is 1. The summed E-state index contributed by atoms with van der Waals surface area (Å²) in [5, 5.41) is 9.38. The van der Waals surface area contributed by atoms with Crippen LogP contribution in [0, 0.1) is 0 Å². The average molecular weight is 341 g/mol. The number of hydrogen-bond donors (Lipinski definition) is 1. The quantitative estimate of drug-likeness (QED) is 0.855. The first kappa shape index (κ1) is 15.4. The van der Waals surface area contributed by atoms with E-state index in [1.807, 2.05) is 18.2 Å². The zero-order chi connectivity index (χ0) is 16.7. The van der Waals surface area contributed by atoms with Crippen LogP contribution < -0.4 is 4.74 Å². The molecular formula is C19H19NO3S. The van der Waals surface area contributed by atoms with Gasteiger partial charge in [-0.25, -0.2) is 4.79 Å². The Morgan fingerprint density at radius 3 is 2.75 bits per heavy atom. The van der Waals surface area contributed by atoms with Crippen molar-refractivity contribution in [1.29, 1.82) is 0 Å². The molecule has 1 saturated heterocycles. The van der Waals surface area contributed by atoms with Crippen LogP contribution in [0.2, 0.25) is 0 Å². The SMILES string of the molecule is CN1CCC(=C2c3ccccc3OCc3cc(C(=O)O)sc32)CC1. The van der Waals surface area contributed by atoms with Gasteiger partial charge in [0.15, 0.2) is 0 Å². The lowest BCUT2D eigenvalue weighted by Crippen LogP contribution is -2.26. The summed E-state index contributed by atoms with van der Waals surface area (Å²) < 4.78 is 5.98. The molecule has 5 heteroatoms. The monoisotopic (exact) mass is 341 g/mol. The van der Waals surface area contributed by atoms with Gasteiger partial charge in [-0.2, -0.15) is 0 Å². The van der Waals surface area contributed by atoms with Crippen LogP contribution in [0.3, 0.4) is 0 Å². The van der Waals surface area contributed by atoms with E-state index in [1.54, 1.807) is 6.07 Å². The summed E-state index contributed by atoms with van der Waals surface area (Å²) in [5.74, 6) is 0.0216. The van der Waals surface area contributed by atoms with E-state index in [2.05, 4.69) is 18.0 Å². The molecule has 4 rings (SSSR count). The highest BCUT2D eigenvalue weighted by molar-refractivity contribution is 7.15. The van der Waals surface area contributed by atoms with Crippen LogP contribution in [0.1, 0.15) is 38.5 Å². The first-order chi connectivity index (χ1) is 11.6. The van der Waals surface area contributed by atoms with Gasteiger partial charge in [-0.1, -0.05) is 23.8 Å². The Morgan fingerprint density at radius 2 is 2.00 bits per heavy atom. The predicted octanol–water partition coefficient (Wildman–Crippen LogP) is 3.87. The number of carbonyl (C=O) groups is 1. The zero-order valence-corrected chi connectivity index (χ0v) is 14.4. The number of rotatable bonds is 1. The number of ether oxygens (including phenoxy) is 1. The van der Waals surface area contributed by atoms with Crippen LogP contribution in [-0.4, -0.2) is 36.1 Å². The number of fused-ring (bicyclic) bond motifs is 2. The second-order valence-electron chi connectivity index (χ2n) is 6.34. The van der Waals surface area contributed by atoms with Crippen LogP contribution >= 0.6 is 11.3 Å². The van der Waals surface area contributed by atoms with Crippen LogP contribution in [0.15, 0.2) is 35.9 Å². The number of carboxylic acid groups (broad SMARTS) is 1. The third kappa shape index (κ3) is 2.64. The minimum absolute atomic E-state index is 0.383. The summed E-state index contributed by atoms with van der Waals surface area (Å²) >= 11 is 1.37. The number of piperidine rings is 1. The molecule has 4 nitrogen and oxygen atoms in total. The van der Waals surface area contributed by atoms with E-state index in [0.717, 1.165) is 47.7 Å². The van der Waals surface area contributed by atoms with E-state index in [-0.39, 0.29) is 0 Å². The molecule has 0 saturated carbocycles. The largest absolute Gasteiger partial charge is 0.488 e. The van der Waals surface area contributed by atoms with Crippen LogP contribution in [0.4, 0.5) is 0 Å². The van der Waals surface area contributed by atoms with Crippen molar-refractivity contribution in [3.63, 3.8) is 0 Å². The van der Waals surface area contributed by atoms with Gasteiger partial charge in [-0.05, 0) is 32.0 Å². The zero-order valence-electron chi connectivity index (χ0n) is 13.5. The first-order valence-electron chi connectivity index (χ1n) is 8.12. The van der Waals surface area contributed by atoms with Gasteiger partial charge in [-0.3, -0.25) is 0 Å². The summed E-state index contributed by atoms with van der Waals surface area (Å²) in [7, 11) is 2.14. The Labute approximate surface area is 145 Å². The van der Waals surface area contributed by atoms with E-state index in [1.165, 1.54) is 22.5 Å². The highest BCUT2D eigenvalue weighted by Gasteiger charge is 2.27. The molecule has 24 heavy (non-hydrogen) atoms. The maximum Gasteiger partial charge on any atom is 0.345 e. The van der Waals surface area contributed by atoms with Crippen LogP contribution in [0.5, 0.6) is 5.75 Å². The molecule has 2 aromatic rings. The van der Waals surface area contributed by atoms with Crippen molar-refractivity contribution in [3.8, 4) is 5.75 Å². The van der Waals surface area contributed by atoms with Crippen molar-refractivity contribution in [2.75, 3.05) is 20.1 Å². The molecule has 1 fully saturated rings. The summed E-state index contributed by atoms with van der Waals surface area (Å²) in [5.41, 5.74) is 4.68. The van der Waals surface area contributed by atoms with Crippen molar-refractivity contribution >= 4 is 22.9 Å². The Balaban J connectivity index is 1.92. The van der Waals surface area contributed by atoms with Crippen molar-refractivity contribution in [2.45, 2.75) is 19.4 Å². The summed E-state index contributed by atoms with van der Waals surface area (Å²) in [6, 6.07) is 9.86. The number of aromatic carboxylic acids is 1. The van der Waals surface area contributed by atoms with Gasteiger partial charge in [0, 0.05) is 34.7 Å². The van der Waals surface area contributed by atoms with E-state index < -0.39 is 5.97 Å². The molecule has 2 aliphatic rings. The lowest BCUT2D eigenvalue weighted by Gasteiger charge is -2.26. The van der Waals surface area contributed by atoms with Gasteiger partial charge in [0.1, 0.15) is 17.2 Å². The first-order valence-corrected chi connectivity index (χ1v) is 8.94. The molecule has 0 amide bonds. The van der Waals surface area contributed by atoms with Gasteiger partial charge in [0.2, 0.25) is 0 Å². The second kappa shape index (κ2) is 6.07. The van der Waals surface area contributed by atoms with Crippen molar-refractivity contribution in [2.24, 2.45) is 0 Å². The van der Waals surface area contributed by atoms with E-state index in [4.69, 9.17) is 4.74 Å². The molecule has 3 heterocycles. The van der Waals surface area contributed by atoms with E-state index >= 15 is 0 Å². The molecule has 0 unspecified atom stereocenters. The fourth-order valence-corrected chi connectivity index (χ4v) is 4.53. The maximum atomic E-state index is 11.4. The summed E-state index contributed by atoms with van der Waals surface area (Å²) in [4.78, 5) is 15.2. The molecule has 0 radical (unpaired) electrons. The van der Waals surface area contributed by atoms with E-state index in [9.17, 15) is 9.90 Å². The number of thiophene rings is 1. The van der Waals surface area contributed by atoms with Gasteiger partial charge in [-0.15, -0.1) is 11.3 Å². The molecule has 0 spiro atoms. The number of nitrogens with zero attached hydrogens (tertiary/aromatic N) is 1. The Hall–Kier alpha value is -2.11. The average Bonchev–Trinajstić information content (AvgIpc) is 2.94. The van der Waals surface area contributed by atoms with Crippen LogP contribution in [0.25, 0.3) is 5.57 Å². The molecule has 0 atom stereocenters. The lowest BCUT2D eigenvalue weighted by atomic mass is 9.91. The standard InChI is InChI=1S/C19H19NO3S/c1-20-8-6-12(7-9-20)17-14-4-2-3-5-15(14)23-11-13-10-16(19(21)22)24-18(13)17/h2-5,10H,6-9,11H2,1H3,(H,21,22). The molecule has 124 valence electrons. The molecule has 0 aliphatic carbocycles. The lowest BCUT2D eigenvalue weighted by molar-refractivity contribution is 0.0702. The van der Waals surface area contributed by atoms with Gasteiger partial charge < -0.3 is 14.7 Å². The van der Waals surface area contributed by atoms with Crippen molar-refractivity contribution < 1.29 is 14.6 Å². The number of para-hydroxylation sites is 1. The second-order valence-corrected chi connectivity index (χ2v) is 7.39. The number of hydrogen-bond acceptors (Lipinski definition) is 4. The summed E-state index contributed by atoms with van der Waals surface area (Å²) in [6.07, 6.45) is 2.03. The van der Waals surface area contributed by atoms with E-state index in [0.29, 0.717) is 11.5 Å². The molecule has 0 bridgehead atoms. The fourth-order valence-electron chi connectivity index (χ4n) is 3.42. The molecule has 1 N–H and O–H groups in total. The minimum Gasteiger partial charge on any atom is -0.488 e. The smallest absolute Gasteiger partial charge is 0.345 e. The van der Waals surface area contributed by atoms with Crippen molar-refractivity contribution in [1.82, 2.24) is 4.90 Å². The predicted molar refractivity (Wildman–Crippen MR) is 94.8 cm³/mol. The Bertz CT molecular complexity index is 827. The van der Waals surface area contributed by atoms with Gasteiger partial charge >= 0.3 is 5.97 Å². The number of likely N-dealkylation sites (tertiary alicyclic amines) is 1. The minimum atomic E-state index is -0.867. The van der Waals surface area contributed by atoms with Crippen molar-refractivity contribution in [3.05, 3.63) is 56.8 Å². The molecule has 1 aromatic heterocycles. The topological polar surface area (TPSA) is 49.8 Å². The van der Waals surface area contributed by atoms with Gasteiger partial charge in [0.05, 0.1) is 0 Å². The molecule has 1 aromatic carbocycles. The highest BCUT2D eigenvalue weighted by atomic mass is 32.1. The highest BCUT2D eigenvalue weighted by Crippen LogP contribution is 2.44. The maximum absolute atomic E-state index is 11.4. The normalized spacial score (nSPS) is 17.7. The third-order valence-electron chi connectivity index (χ3n) is 4.73. The fraction of sp³-hybridized carbons (Fsp3) is 0.316. The Morgan fingerprint density at radius 1 is 1.25 bits per heavy atom. The summed E-state index contributed by atoms with van der Waals surface area (Å²) in [6.45, 7) is 2.50. The molecular weight excluding hydrogens is 322 g/mol. The third-order valence-corrected chi connectivity index (χ3v) is 5.91. The van der Waals surface area contributed by atoms with Gasteiger partial charge in [0.25, 0.3) is 0 Å². The van der Waals surface area contributed by atoms with Crippen LogP contribution in [-0.2, 0) is 6.61 Å².